The quantitative estimate of drug-likeness (QED) is 0.825. The van der Waals surface area contributed by atoms with Crippen LogP contribution in [0, 0.1) is 0 Å². The van der Waals surface area contributed by atoms with Gasteiger partial charge in [0.1, 0.15) is 17.4 Å². The van der Waals surface area contributed by atoms with Gasteiger partial charge in [-0.15, -0.1) is 0 Å². The molecule has 0 radical (unpaired) electrons. The molecule has 1 aromatic carbocycles. The fourth-order valence-corrected chi connectivity index (χ4v) is 2.91. The van der Waals surface area contributed by atoms with E-state index in [9.17, 15) is 9.90 Å². The van der Waals surface area contributed by atoms with Gasteiger partial charge in [0.2, 0.25) is 0 Å². The number of benzene rings is 1. The van der Waals surface area contributed by atoms with E-state index in [0.29, 0.717) is 19.6 Å². The van der Waals surface area contributed by atoms with Gasteiger partial charge in [-0.25, -0.2) is 4.79 Å². The predicted molar refractivity (Wildman–Crippen MR) is 94.6 cm³/mol. The van der Waals surface area contributed by atoms with E-state index in [1.807, 2.05) is 39.0 Å². The third kappa shape index (κ3) is 4.86. The van der Waals surface area contributed by atoms with Crippen LogP contribution in [0.15, 0.2) is 18.2 Å². The minimum Gasteiger partial charge on any atom is -0.494 e. The van der Waals surface area contributed by atoms with Crippen molar-refractivity contribution in [3.05, 3.63) is 29.3 Å². The second-order valence-electron chi connectivity index (χ2n) is 7.20. The molecule has 0 aliphatic carbocycles. The van der Waals surface area contributed by atoms with Crippen LogP contribution >= 0.6 is 0 Å². The molecule has 6 heteroatoms. The zero-order valence-corrected chi connectivity index (χ0v) is 15.7. The topological polar surface area (TPSA) is 68.2 Å². The number of aliphatic hydroxyl groups excluding tert-OH is 1. The molecule has 1 N–H and O–H groups in total. The molecule has 0 fully saturated rings. The summed E-state index contributed by atoms with van der Waals surface area (Å²) in [7, 11) is 1.42. The Labute approximate surface area is 149 Å². The smallest absolute Gasteiger partial charge is 0.410 e. The van der Waals surface area contributed by atoms with Gasteiger partial charge in [-0.1, -0.05) is 13.0 Å². The lowest BCUT2D eigenvalue weighted by Gasteiger charge is -2.39. The number of rotatable bonds is 5. The zero-order chi connectivity index (χ0) is 18.6. The van der Waals surface area contributed by atoms with E-state index in [-0.39, 0.29) is 0 Å². The Hall–Kier alpha value is -1.79. The highest BCUT2D eigenvalue weighted by Crippen LogP contribution is 2.35. The average Bonchev–Trinajstić information content (AvgIpc) is 2.56. The number of aliphatic hydroxyl groups is 1. The average molecular weight is 351 g/mol. The summed E-state index contributed by atoms with van der Waals surface area (Å²) in [6.45, 7) is 8.63. The summed E-state index contributed by atoms with van der Waals surface area (Å²) >= 11 is 0. The van der Waals surface area contributed by atoms with Crippen LogP contribution in [-0.4, -0.2) is 48.3 Å². The summed E-state index contributed by atoms with van der Waals surface area (Å²) in [5, 5.41) is 10.4. The van der Waals surface area contributed by atoms with Crippen LogP contribution in [-0.2, 0) is 15.9 Å². The van der Waals surface area contributed by atoms with E-state index in [0.717, 1.165) is 23.3 Å². The van der Waals surface area contributed by atoms with Gasteiger partial charge in [0.05, 0.1) is 6.61 Å². The van der Waals surface area contributed by atoms with Crippen molar-refractivity contribution in [2.75, 3.05) is 20.3 Å². The lowest BCUT2D eigenvalue weighted by Crippen LogP contribution is -2.47. The molecule has 1 aliphatic heterocycles. The summed E-state index contributed by atoms with van der Waals surface area (Å²) < 4.78 is 16.3. The Bertz CT molecular complexity index is 596. The Kier molecular flexibility index (Phi) is 6.30. The first-order valence-corrected chi connectivity index (χ1v) is 8.73. The van der Waals surface area contributed by atoms with Crippen molar-refractivity contribution in [1.29, 1.82) is 0 Å². The van der Waals surface area contributed by atoms with Crippen molar-refractivity contribution in [2.24, 2.45) is 0 Å². The van der Waals surface area contributed by atoms with Crippen LogP contribution < -0.4 is 4.74 Å². The van der Waals surface area contributed by atoms with Gasteiger partial charge in [0.15, 0.2) is 6.29 Å². The minimum atomic E-state index is -1.13. The number of carbonyl (C=O) groups is 1. The Balaban J connectivity index is 2.30. The van der Waals surface area contributed by atoms with Gasteiger partial charge < -0.3 is 19.3 Å². The van der Waals surface area contributed by atoms with Crippen LogP contribution in [0.1, 0.15) is 51.3 Å². The van der Waals surface area contributed by atoms with Crippen molar-refractivity contribution in [3.8, 4) is 5.75 Å². The lowest BCUT2D eigenvalue weighted by atomic mass is 9.92. The van der Waals surface area contributed by atoms with E-state index >= 15 is 0 Å². The van der Waals surface area contributed by atoms with E-state index in [1.54, 1.807) is 0 Å². The van der Waals surface area contributed by atoms with Crippen molar-refractivity contribution in [1.82, 2.24) is 4.90 Å². The summed E-state index contributed by atoms with van der Waals surface area (Å²) in [5.74, 6) is 0.803. The molecule has 0 aromatic heterocycles. The number of nitrogens with zero attached hydrogens (tertiary/aromatic N) is 1. The molecule has 1 aromatic rings. The third-order valence-electron chi connectivity index (χ3n) is 4.00. The Morgan fingerprint density at radius 3 is 2.72 bits per heavy atom. The fourth-order valence-electron chi connectivity index (χ4n) is 2.91. The van der Waals surface area contributed by atoms with Crippen molar-refractivity contribution in [3.63, 3.8) is 0 Å². The van der Waals surface area contributed by atoms with Gasteiger partial charge >= 0.3 is 6.09 Å². The van der Waals surface area contributed by atoms with Crippen LogP contribution in [0.25, 0.3) is 0 Å². The maximum absolute atomic E-state index is 12.6. The van der Waals surface area contributed by atoms with Crippen LogP contribution in [0.2, 0.25) is 0 Å². The molecular weight excluding hydrogens is 322 g/mol. The van der Waals surface area contributed by atoms with Crippen molar-refractivity contribution < 1.29 is 24.1 Å². The van der Waals surface area contributed by atoms with E-state index < -0.39 is 24.0 Å². The summed E-state index contributed by atoms with van der Waals surface area (Å²) in [4.78, 5) is 14.1. The summed E-state index contributed by atoms with van der Waals surface area (Å²) in [6.07, 6.45) is 0.0267. The number of ether oxygens (including phenoxy) is 3. The van der Waals surface area contributed by atoms with Crippen molar-refractivity contribution >= 4 is 6.09 Å². The normalized spacial score (nSPS) is 18.5. The molecule has 1 unspecified atom stereocenters. The van der Waals surface area contributed by atoms with E-state index in [4.69, 9.17) is 14.2 Å². The first kappa shape index (κ1) is 19.5. The van der Waals surface area contributed by atoms with Gasteiger partial charge in [0.25, 0.3) is 0 Å². The maximum Gasteiger partial charge on any atom is 0.410 e. The molecule has 2 atom stereocenters. The van der Waals surface area contributed by atoms with Crippen LogP contribution in [0.3, 0.4) is 0 Å². The monoisotopic (exact) mass is 351 g/mol. The molecule has 0 saturated heterocycles. The molecule has 1 amide bonds. The zero-order valence-electron chi connectivity index (χ0n) is 15.7. The molecule has 1 heterocycles. The molecule has 140 valence electrons. The van der Waals surface area contributed by atoms with Crippen LogP contribution in [0.4, 0.5) is 4.79 Å². The number of methoxy groups -OCH3 is 1. The van der Waals surface area contributed by atoms with Gasteiger partial charge in [-0.2, -0.15) is 0 Å². The second kappa shape index (κ2) is 8.06. The van der Waals surface area contributed by atoms with Crippen LogP contribution in [0.5, 0.6) is 5.75 Å². The van der Waals surface area contributed by atoms with Crippen molar-refractivity contribution in [2.45, 2.75) is 58.5 Å². The first-order chi connectivity index (χ1) is 11.8. The van der Waals surface area contributed by atoms with Gasteiger partial charge in [0, 0.05) is 13.7 Å². The third-order valence-corrected chi connectivity index (χ3v) is 4.00. The highest BCUT2D eigenvalue weighted by atomic mass is 16.6. The standard InChI is InChI=1S/C19H29NO5/c1-6-11-24-14-7-8-15-13(12-14)9-10-20(16(15)17(21)23-5)18(22)25-19(2,3)4/h7-8,12,16-17,21H,6,9-11H2,1-5H3/t16-,17?/m1/s1. The highest BCUT2D eigenvalue weighted by Gasteiger charge is 2.38. The number of hydrogen-bond acceptors (Lipinski definition) is 5. The minimum absolute atomic E-state index is 0.449. The summed E-state index contributed by atoms with van der Waals surface area (Å²) in [5.41, 5.74) is 1.31. The molecular formula is C19H29NO5. The largest absolute Gasteiger partial charge is 0.494 e. The Morgan fingerprint density at radius 1 is 1.40 bits per heavy atom. The fraction of sp³-hybridized carbons (Fsp3) is 0.632. The first-order valence-electron chi connectivity index (χ1n) is 8.73. The second-order valence-corrected chi connectivity index (χ2v) is 7.20. The summed E-state index contributed by atoms with van der Waals surface area (Å²) in [6, 6.07) is 5.13. The number of fused-ring (bicyclic) bond motifs is 1. The molecule has 0 saturated carbocycles. The SMILES string of the molecule is CCCOc1ccc2c(c1)CCN(C(=O)OC(C)(C)C)[C@H]2C(O)OC. The molecule has 6 nitrogen and oxygen atoms in total. The number of amides is 1. The highest BCUT2D eigenvalue weighted by molar-refractivity contribution is 5.69. The van der Waals surface area contributed by atoms with E-state index in [2.05, 4.69) is 6.92 Å². The lowest BCUT2D eigenvalue weighted by molar-refractivity contribution is -0.128. The molecule has 0 bridgehead atoms. The molecule has 2 rings (SSSR count). The Morgan fingerprint density at radius 2 is 2.12 bits per heavy atom. The maximum atomic E-state index is 12.6. The van der Waals surface area contributed by atoms with Gasteiger partial charge in [-0.3, -0.25) is 4.90 Å². The van der Waals surface area contributed by atoms with Gasteiger partial charge in [-0.05, 0) is 56.9 Å². The molecule has 1 aliphatic rings. The predicted octanol–water partition coefficient (Wildman–Crippen LogP) is 3.27. The molecule has 0 spiro atoms. The van der Waals surface area contributed by atoms with E-state index in [1.165, 1.54) is 12.0 Å². The molecule has 25 heavy (non-hydrogen) atoms. The number of carbonyl (C=O) groups excluding carboxylic acids is 1. The number of hydrogen-bond donors (Lipinski definition) is 1.